The third kappa shape index (κ3) is 5.65. The van der Waals surface area contributed by atoms with Gasteiger partial charge in [0.15, 0.2) is 0 Å². The number of sulfonamides is 1. The third-order valence-corrected chi connectivity index (χ3v) is 12.0. The maximum atomic E-state index is 14.6. The summed E-state index contributed by atoms with van der Waals surface area (Å²) in [4.78, 5) is 28.6. The first-order valence-electron chi connectivity index (χ1n) is 13.9. The summed E-state index contributed by atoms with van der Waals surface area (Å²) in [6.07, 6.45) is 3.35. The number of carboxylic acids is 1. The highest BCUT2D eigenvalue weighted by Crippen LogP contribution is 2.55. The van der Waals surface area contributed by atoms with Gasteiger partial charge >= 0.3 is 5.97 Å². The van der Waals surface area contributed by atoms with Gasteiger partial charge in [-0.15, -0.1) is 0 Å². The van der Waals surface area contributed by atoms with Crippen molar-refractivity contribution >= 4 is 45.1 Å². The minimum Gasteiger partial charge on any atom is -0.481 e. The van der Waals surface area contributed by atoms with Gasteiger partial charge in [-0.2, -0.15) is 0 Å². The molecule has 10 heteroatoms. The maximum absolute atomic E-state index is 14.6. The first kappa shape index (κ1) is 29.4. The molecule has 4 atom stereocenters. The molecule has 2 N–H and O–H groups in total. The maximum Gasteiger partial charge on any atom is 0.304 e. The summed E-state index contributed by atoms with van der Waals surface area (Å²) in [7, 11) is -3.57. The van der Waals surface area contributed by atoms with Crippen LogP contribution >= 0.6 is 23.2 Å². The molecule has 0 aromatic heterocycles. The van der Waals surface area contributed by atoms with E-state index in [2.05, 4.69) is 4.72 Å². The second-order valence-electron chi connectivity index (χ2n) is 12.0. The highest BCUT2D eigenvalue weighted by molar-refractivity contribution is 7.91. The molecular formula is C30H36Cl2N2O5S. The number of carbonyl (C=O) groups excluding carboxylic acids is 1. The van der Waals surface area contributed by atoms with Gasteiger partial charge in [0.2, 0.25) is 15.9 Å². The van der Waals surface area contributed by atoms with Crippen molar-refractivity contribution < 1.29 is 23.1 Å². The van der Waals surface area contributed by atoms with Gasteiger partial charge in [-0.3, -0.25) is 9.59 Å². The Bertz CT molecular complexity index is 1390. The molecule has 1 aliphatic heterocycles. The topological polar surface area (TPSA) is 104 Å². The van der Waals surface area contributed by atoms with Crippen molar-refractivity contribution in [1.82, 2.24) is 9.62 Å². The predicted molar refractivity (Wildman–Crippen MR) is 156 cm³/mol. The fourth-order valence-corrected chi connectivity index (χ4v) is 8.01. The molecule has 2 aromatic rings. The molecular weight excluding hydrogens is 571 g/mol. The van der Waals surface area contributed by atoms with E-state index in [4.69, 9.17) is 23.2 Å². The Morgan fingerprint density at radius 1 is 1.10 bits per heavy atom. The van der Waals surface area contributed by atoms with E-state index in [1.807, 2.05) is 42.2 Å². The fraction of sp³-hybridized carbons (Fsp3) is 0.533. The number of benzene rings is 2. The van der Waals surface area contributed by atoms with Crippen LogP contribution < -0.4 is 4.72 Å². The molecule has 2 saturated carbocycles. The molecule has 0 bridgehead atoms. The highest BCUT2D eigenvalue weighted by atomic mass is 35.5. The molecule has 2 aliphatic carbocycles. The Hall–Kier alpha value is -2.13. The number of carboxylic acid groups (broad SMARTS) is 1. The van der Waals surface area contributed by atoms with Crippen molar-refractivity contribution in [2.75, 3.05) is 6.54 Å². The number of piperidine rings is 1. The molecule has 2 aromatic carbocycles. The molecule has 7 nitrogen and oxygen atoms in total. The smallest absolute Gasteiger partial charge is 0.304 e. The van der Waals surface area contributed by atoms with Crippen LogP contribution in [-0.4, -0.2) is 47.6 Å². The molecule has 3 aliphatic rings. The minimum absolute atomic E-state index is 0.0908. The van der Waals surface area contributed by atoms with Crippen LogP contribution in [0.15, 0.2) is 48.5 Å². The molecule has 216 valence electrons. The summed E-state index contributed by atoms with van der Waals surface area (Å²) in [5.74, 6) is -1.42. The zero-order chi connectivity index (χ0) is 28.9. The van der Waals surface area contributed by atoms with Crippen LogP contribution in [0, 0.1) is 11.3 Å². The molecule has 1 saturated heterocycles. The first-order valence-corrected chi connectivity index (χ1v) is 16.2. The summed E-state index contributed by atoms with van der Waals surface area (Å²) in [6.45, 7) is 3.70. The van der Waals surface area contributed by atoms with E-state index in [0.717, 1.165) is 24.0 Å². The zero-order valence-corrected chi connectivity index (χ0v) is 25.1. The average Bonchev–Trinajstić information content (AvgIpc) is 3.84. The number of hydrogen-bond donors (Lipinski definition) is 2. The highest BCUT2D eigenvalue weighted by Gasteiger charge is 2.56. The first-order chi connectivity index (χ1) is 18.9. The van der Waals surface area contributed by atoms with Gasteiger partial charge in [-0.05, 0) is 86.8 Å². The van der Waals surface area contributed by atoms with Crippen molar-refractivity contribution in [1.29, 1.82) is 0 Å². The van der Waals surface area contributed by atoms with Crippen molar-refractivity contribution in [3.8, 4) is 0 Å². The predicted octanol–water partition coefficient (Wildman–Crippen LogP) is 6.17. The number of carbonyl (C=O) groups is 2. The van der Waals surface area contributed by atoms with Gasteiger partial charge in [0.25, 0.3) is 0 Å². The van der Waals surface area contributed by atoms with E-state index in [-0.39, 0.29) is 30.7 Å². The second kappa shape index (κ2) is 10.9. The summed E-state index contributed by atoms with van der Waals surface area (Å²) in [6, 6.07) is 14.0. The van der Waals surface area contributed by atoms with Crippen LogP contribution in [0.4, 0.5) is 0 Å². The van der Waals surface area contributed by atoms with Gasteiger partial charge in [-0.25, -0.2) is 13.1 Å². The third-order valence-electron chi connectivity index (χ3n) is 9.24. The Morgan fingerprint density at radius 3 is 2.33 bits per heavy atom. The van der Waals surface area contributed by atoms with Crippen LogP contribution in [0.3, 0.4) is 0 Å². The Morgan fingerprint density at radius 2 is 1.77 bits per heavy atom. The molecule has 1 amide bonds. The van der Waals surface area contributed by atoms with Crippen LogP contribution in [0.1, 0.15) is 81.9 Å². The zero-order valence-electron chi connectivity index (χ0n) is 22.8. The van der Waals surface area contributed by atoms with Gasteiger partial charge in [-0.1, -0.05) is 54.4 Å². The Labute approximate surface area is 246 Å². The van der Waals surface area contributed by atoms with Crippen molar-refractivity contribution in [3.05, 3.63) is 69.7 Å². The van der Waals surface area contributed by atoms with Crippen molar-refractivity contribution in [3.63, 3.8) is 0 Å². The van der Waals surface area contributed by atoms with Gasteiger partial charge in [0.05, 0.1) is 22.6 Å². The number of nitrogens with one attached hydrogen (secondary N) is 1. The molecule has 4 unspecified atom stereocenters. The van der Waals surface area contributed by atoms with Crippen molar-refractivity contribution in [2.24, 2.45) is 11.3 Å². The normalized spacial score (nSPS) is 26.9. The van der Waals surface area contributed by atoms with Gasteiger partial charge in [0, 0.05) is 28.5 Å². The Balaban J connectivity index is 1.65. The average molecular weight is 608 g/mol. The lowest BCUT2D eigenvalue weighted by atomic mass is 9.64. The SMILES string of the molecule is CCC1(CC(=O)O)CC(c2cccc(Cl)c2)C(c2ccc(Cl)cc2)N(C(CNS(=O)(=O)C2(C)CC2)C2CC2)C1=O. The molecule has 40 heavy (non-hydrogen) atoms. The summed E-state index contributed by atoms with van der Waals surface area (Å²) < 4.78 is 28.4. The standard InChI is InChI=1S/C30H36Cl2N2O5S/c1-3-30(17-26(35)36)16-24(21-5-4-6-23(32)15-21)27(20-9-11-22(31)12-10-20)34(28(30)37)25(19-7-8-19)18-33-40(38,39)29(2)13-14-29/h4-6,9-12,15,19,24-25,27,33H,3,7-8,13-14,16-18H2,1-2H3,(H,35,36). The number of nitrogens with zero attached hydrogens (tertiary/aromatic N) is 1. The lowest BCUT2D eigenvalue weighted by Gasteiger charge is -2.53. The summed E-state index contributed by atoms with van der Waals surface area (Å²) >= 11 is 12.7. The van der Waals surface area contributed by atoms with Crippen molar-refractivity contribution in [2.45, 2.75) is 81.5 Å². The van der Waals surface area contributed by atoms with Gasteiger partial charge < -0.3 is 10.0 Å². The van der Waals surface area contributed by atoms with E-state index < -0.39 is 38.2 Å². The van der Waals surface area contributed by atoms with Gasteiger partial charge in [0.1, 0.15) is 0 Å². The van der Waals surface area contributed by atoms with E-state index in [1.54, 1.807) is 25.1 Å². The van der Waals surface area contributed by atoms with Crippen LogP contribution in [-0.2, 0) is 19.6 Å². The molecule has 0 radical (unpaired) electrons. The molecule has 3 fully saturated rings. The summed E-state index contributed by atoms with van der Waals surface area (Å²) in [5.41, 5.74) is 0.634. The molecule has 1 heterocycles. The van der Waals surface area contributed by atoms with E-state index >= 15 is 0 Å². The molecule has 5 rings (SSSR count). The molecule has 0 spiro atoms. The lowest BCUT2D eigenvalue weighted by Crippen LogP contribution is -2.59. The number of halogens is 2. The quantitative estimate of drug-likeness (QED) is 0.318. The van der Waals surface area contributed by atoms with Crippen LogP contribution in [0.5, 0.6) is 0 Å². The number of aliphatic carboxylic acids is 1. The second-order valence-corrected chi connectivity index (χ2v) is 15.1. The van der Waals surface area contributed by atoms with Crippen LogP contribution in [0.25, 0.3) is 0 Å². The lowest BCUT2D eigenvalue weighted by molar-refractivity contribution is -0.162. The van der Waals surface area contributed by atoms with E-state index in [9.17, 15) is 23.1 Å². The number of likely N-dealkylation sites (tertiary alicyclic amines) is 1. The van der Waals surface area contributed by atoms with Crippen LogP contribution in [0.2, 0.25) is 10.0 Å². The monoisotopic (exact) mass is 606 g/mol. The fourth-order valence-electron chi connectivity index (χ4n) is 6.31. The van der Waals surface area contributed by atoms with E-state index in [0.29, 0.717) is 35.7 Å². The Kier molecular flexibility index (Phi) is 8.03. The number of amides is 1. The largest absolute Gasteiger partial charge is 0.481 e. The van der Waals surface area contributed by atoms with E-state index in [1.165, 1.54) is 0 Å². The summed E-state index contributed by atoms with van der Waals surface area (Å²) in [5, 5.41) is 11.1. The number of rotatable bonds is 11. The number of hydrogen-bond acceptors (Lipinski definition) is 4. The minimum atomic E-state index is -3.57.